The minimum absolute atomic E-state index is 0.736. The van der Waals surface area contributed by atoms with Gasteiger partial charge in [-0.3, -0.25) is 0 Å². The highest BCUT2D eigenvalue weighted by Gasteiger charge is 2.20. The number of para-hydroxylation sites is 2. The van der Waals surface area contributed by atoms with E-state index >= 15 is 0 Å². The van der Waals surface area contributed by atoms with Gasteiger partial charge < -0.3 is 9.13 Å². The third-order valence-corrected chi connectivity index (χ3v) is 12.2. The van der Waals surface area contributed by atoms with Crippen molar-refractivity contribution in [2.24, 2.45) is 0 Å². The Balaban J connectivity index is 1.23. The Morgan fingerprint density at radius 3 is 1.30 bits per heavy atom. The third kappa shape index (κ3) is 3.45. The first kappa shape index (κ1) is 25.8. The first-order valence-corrected chi connectivity index (χ1v) is 17.4. The van der Waals surface area contributed by atoms with Gasteiger partial charge in [-0.2, -0.15) is 0 Å². The first-order valence-electron chi connectivity index (χ1n) is 15.8. The molecule has 0 amide bonds. The average molecular weight is 631 g/mol. The zero-order valence-electron chi connectivity index (χ0n) is 25.1. The van der Waals surface area contributed by atoms with Gasteiger partial charge in [0.25, 0.3) is 0 Å². The van der Waals surface area contributed by atoms with Gasteiger partial charge in [0.05, 0.1) is 22.1 Å². The summed E-state index contributed by atoms with van der Waals surface area (Å²) in [5.74, 6) is 0. The Labute approximate surface area is 278 Å². The quantitative estimate of drug-likeness (QED) is 0.168. The number of aromatic nitrogens is 2. The van der Waals surface area contributed by atoms with Gasteiger partial charge in [0.15, 0.2) is 0 Å². The van der Waals surface area contributed by atoms with Crippen LogP contribution in [-0.4, -0.2) is 17.0 Å². The summed E-state index contributed by atoms with van der Waals surface area (Å²) in [5.41, 5.74) is 7.59. The molecule has 0 N–H and O–H groups in total. The van der Waals surface area contributed by atoms with Crippen molar-refractivity contribution in [3.05, 3.63) is 140 Å². The molecule has 11 rings (SSSR count). The van der Waals surface area contributed by atoms with Gasteiger partial charge in [-0.05, 0) is 54.6 Å². The molecule has 0 spiro atoms. The van der Waals surface area contributed by atoms with E-state index in [9.17, 15) is 0 Å². The van der Waals surface area contributed by atoms with Crippen LogP contribution in [0.5, 0.6) is 0 Å². The van der Waals surface area contributed by atoms with Crippen molar-refractivity contribution >= 4 is 120 Å². The second-order valence-electron chi connectivity index (χ2n) is 12.4. The molecule has 0 bridgehead atoms. The number of thiophene rings is 2. The van der Waals surface area contributed by atoms with Crippen LogP contribution in [0.1, 0.15) is 0 Å². The summed E-state index contributed by atoms with van der Waals surface area (Å²) in [5, 5.41) is 10.4. The molecular formula is C42H23BN2S2. The van der Waals surface area contributed by atoms with E-state index in [1.165, 1.54) is 84.0 Å². The molecule has 4 aromatic heterocycles. The van der Waals surface area contributed by atoms with Gasteiger partial charge in [0.2, 0.25) is 0 Å². The van der Waals surface area contributed by atoms with Gasteiger partial charge in [0, 0.05) is 73.3 Å². The highest BCUT2D eigenvalue weighted by Crippen LogP contribution is 2.45. The van der Waals surface area contributed by atoms with Gasteiger partial charge in [0.1, 0.15) is 7.85 Å². The van der Waals surface area contributed by atoms with Crippen molar-refractivity contribution in [2.45, 2.75) is 0 Å². The van der Waals surface area contributed by atoms with Crippen LogP contribution < -0.4 is 5.46 Å². The zero-order valence-corrected chi connectivity index (χ0v) is 26.7. The van der Waals surface area contributed by atoms with Crippen molar-refractivity contribution in [3.63, 3.8) is 0 Å². The van der Waals surface area contributed by atoms with Crippen LogP contribution in [0.3, 0.4) is 0 Å². The van der Waals surface area contributed by atoms with Gasteiger partial charge in [-0.15, -0.1) is 22.7 Å². The Kier molecular flexibility index (Phi) is 5.13. The second kappa shape index (κ2) is 9.35. The molecule has 4 heterocycles. The summed E-state index contributed by atoms with van der Waals surface area (Å²) < 4.78 is 10.1. The van der Waals surface area contributed by atoms with Gasteiger partial charge in [-0.1, -0.05) is 90.4 Å². The lowest BCUT2D eigenvalue weighted by Crippen LogP contribution is -2.09. The van der Waals surface area contributed by atoms with E-state index in [0.717, 1.165) is 16.8 Å². The molecule has 0 unspecified atom stereocenters. The zero-order chi connectivity index (χ0) is 30.8. The highest BCUT2D eigenvalue weighted by molar-refractivity contribution is 7.27. The summed E-state index contributed by atoms with van der Waals surface area (Å²) >= 11 is 3.77. The topological polar surface area (TPSA) is 9.86 Å². The van der Waals surface area contributed by atoms with Gasteiger partial charge >= 0.3 is 0 Å². The minimum Gasteiger partial charge on any atom is -0.309 e. The molecule has 0 atom stereocenters. The first-order chi connectivity index (χ1) is 23.2. The summed E-state index contributed by atoms with van der Waals surface area (Å²) in [6, 6.07) is 50.7. The van der Waals surface area contributed by atoms with E-state index in [2.05, 4.69) is 149 Å². The fraction of sp³-hybridized carbons (Fsp3) is 0. The van der Waals surface area contributed by atoms with Crippen molar-refractivity contribution in [3.8, 4) is 11.4 Å². The van der Waals surface area contributed by atoms with E-state index < -0.39 is 0 Å². The lowest BCUT2D eigenvalue weighted by molar-refractivity contribution is 1.14. The number of benzene rings is 7. The maximum Gasteiger partial charge on any atom is 0.114 e. The average Bonchev–Trinajstić information content (AvgIpc) is 3.85. The molecular weight excluding hydrogens is 607 g/mol. The van der Waals surface area contributed by atoms with Crippen LogP contribution in [0.2, 0.25) is 0 Å². The number of fused-ring (bicyclic) bond motifs is 14. The van der Waals surface area contributed by atoms with E-state index in [-0.39, 0.29) is 0 Å². The summed E-state index contributed by atoms with van der Waals surface area (Å²) in [6.07, 6.45) is 0. The Hall–Kier alpha value is -5.36. The van der Waals surface area contributed by atoms with Crippen LogP contribution in [0.4, 0.5) is 0 Å². The van der Waals surface area contributed by atoms with Crippen LogP contribution in [0, 0.1) is 0 Å². The fourth-order valence-corrected chi connectivity index (χ4v) is 10.4. The summed E-state index contributed by atoms with van der Waals surface area (Å²) in [6.45, 7) is 0. The number of hydrogen-bond donors (Lipinski definition) is 0. The predicted octanol–water partition coefficient (Wildman–Crippen LogP) is 11.4. The van der Waals surface area contributed by atoms with Crippen LogP contribution in [0.15, 0.2) is 140 Å². The molecule has 216 valence electrons. The molecule has 5 heteroatoms. The highest BCUT2D eigenvalue weighted by atomic mass is 32.1. The Morgan fingerprint density at radius 1 is 0.383 bits per heavy atom. The maximum absolute atomic E-state index is 6.81. The standard InChI is InChI=1S/C42H23BN2S2/c43-24-21-25(44-33-13-5-1-11-31(33)39-35(44)19-17-29-27-9-3-7-15-37(27)46-41(29)39)23-26(22-24)45-34-14-6-2-12-32(34)40-36(45)20-18-30-28-10-4-8-16-38(28)47-42(30)40/h1-23H. The Morgan fingerprint density at radius 2 is 0.809 bits per heavy atom. The Bertz CT molecular complexity index is 2890. The molecule has 47 heavy (non-hydrogen) atoms. The lowest BCUT2D eigenvalue weighted by Gasteiger charge is -2.14. The minimum atomic E-state index is 0.736. The van der Waals surface area contributed by atoms with E-state index in [1.54, 1.807) is 0 Å². The lowest BCUT2D eigenvalue weighted by atomic mass is 9.95. The maximum atomic E-state index is 6.81. The van der Waals surface area contributed by atoms with Crippen LogP contribution in [-0.2, 0) is 0 Å². The monoisotopic (exact) mass is 630 g/mol. The fourth-order valence-electron chi connectivity index (χ4n) is 7.90. The van der Waals surface area contributed by atoms with Crippen molar-refractivity contribution in [1.82, 2.24) is 9.13 Å². The van der Waals surface area contributed by atoms with Crippen molar-refractivity contribution in [1.29, 1.82) is 0 Å². The number of hydrogen-bond acceptors (Lipinski definition) is 2. The van der Waals surface area contributed by atoms with Crippen LogP contribution >= 0.6 is 22.7 Å². The van der Waals surface area contributed by atoms with Crippen LogP contribution in [0.25, 0.3) is 95.3 Å². The molecule has 2 nitrogen and oxygen atoms in total. The molecule has 11 aromatic rings. The molecule has 0 saturated carbocycles. The second-order valence-corrected chi connectivity index (χ2v) is 14.5. The van der Waals surface area contributed by atoms with E-state index in [0.29, 0.717) is 0 Å². The molecule has 0 aliphatic heterocycles. The molecule has 0 fully saturated rings. The van der Waals surface area contributed by atoms with E-state index in [4.69, 9.17) is 7.85 Å². The SMILES string of the molecule is [B]c1cc(-n2c3ccccc3c3c4sc5ccccc5c4ccc32)cc(-n2c3ccccc3c3c4sc5ccccc5c4ccc32)c1. The third-order valence-electron chi connectivity index (χ3n) is 9.80. The molecule has 0 aliphatic rings. The molecule has 7 aromatic carbocycles. The summed E-state index contributed by atoms with van der Waals surface area (Å²) in [4.78, 5) is 0. The normalized spacial score (nSPS) is 12.3. The smallest absolute Gasteiger partial charge is 0.114 e. The van der Waals surface area contributed by atoms with Crippen molar-refractivity contribution < 1.29 is 0 Å². The van der Waals surface area contributed by atoms with Gasteiger partial charge in [-0.25, -0.2) is 0 Å². The summed E-state index contributed by atoms with van der Waals surface area (Å²) in [7, 11) is 6.81. The number of rotatable bonds is 2. The largest absolute Gasteiger partial charge is 0.309 e. The van der Waals surface area contributed by atoms with Crippen molar-refractivity contribution in [2.75, 3.05) is 0 Å². The predicted molar refractivity (Wildman–Crippen MR) is 206 cm³/mol. The number of nitrogens with zero attached hydrogens (tertiary/aromatic N) is 2. The molecule has 0 saturated heterocycles. The van der Waals surface area contributed by atoms with E-state index in [1.807, 2.05) is 22.7 Å². The molecule has 2 radical (unpaired) electrons. The molecule has 0 aliphatic carbocycles.